The minimum atomic E-state index is 0.270. The van der Waals surface area contributed by atoms with Gasteiger partial charge in [-0.25, -0.2) is 0 Å². The van der Waals surface area contributed by atoms with Gasteiger partial charge in [-0.05, 0) is 26.8 Å². The van der Waals surface area contributed by atoms with Gasteiger partial charge in [-0.2, -0.15) is 0 Å². The normalized spacial score (nSPS) is 22.9. The smallest absolute Gasteiger partial charge is 0.0998 e. The summed E-state index contributed by atoms with van der Waals surface area (Å²) in [6.07, 6.45) is 3.84. The van der Waals surface area contributed by atoms with Crippen LogP contribution in [0, 0.1) is 0 Å². The SMILES string of the molecule is CCCCC(C)(C)N1COCC1CNCC. The lowest BCUT2D eigenvalue weighted by Gasteiger charge is -2.38. The summed E-state index contributed by atoms with van der Waals surface area (Å²) in [6, 6.07) is 0.548. The highest BCUT2D eigenvalue weighted by Crippen LogP contribution is 2.26. The Morgan fingerprint density at radius 2 is 2.12 bits per heavy atom. The van der Waals surface area contributed by atoms with Crippen LogP contribution in [0.5, 0.6) is 0 Å². The zero-order valence-corrected chi connectivity index (χ0v) is 11.4. The quantitative estimate of drug-likeness (QED) is 0.723. The second-order valence-electron chi connectivity index (χ2n) is 5.35. The third-order valence-corrected chi connectivity index (χ3v) is 3.53. The van der Waals surface area contributed by atoms with Crippen molar-refractivity contribution in [2.24, 2.45) is 0 Å². The van der Waals surface area contributed by atoms with Crippen molar-refractivity contribution < 1.29 is 4.74 Å². The number of nitrogens with zero attached hydrogens (tertiary/aromatic N) is 1. The van der Waals surface area contributed by atoms with Crippen molar-refractivity contribution in [1.82, 2.24) is 10.2 Å². The number of hydrogen-bond donors (Lipinski definition) is 1. The molecule has 0 aromatic rings. The van der Waals surface area contributed by atoms with Gasteiger partial charge in [0.05, 0.1) is 13.3 Å². The Kier molecular flexibility index (Phi) is 5.73. The third-order valence-electron chi connectivity index (χ3n) is 3.53. The van der Waals surface area contributed by atoms with Crippen molar-refractivity contribution in [3.63, 3.8) is 0 Å². The largest absolute Gasteiger partial charge is 0.364 e. The van der Waals surface area contributed by atoms with E-state index in [4.69, 9.17) is 4.74 Å². The van der Waals surface area contributed by atoms with E-state index in [0.29, 0.717) is 6.04 Å². The van der Waals surface area contributed by atoms with E-state index < -0.39 is 0 Å². The molecule has 1 N–H and O–H groups in total. The van der Waals surface area contributed by atoms with E-state index in [1.807, 2.05) is 0 Å². The van der Waals surface area contributed by atoms with Crippen LogP contribution in [-0.4, -0.2) is 42.9 Å². The van der Waals surface area contributed by atoms with Gasteiger partial charge in [0.2, 0.25) is 0 Å². The van der Waals surface area contributed by atoms with Crippen LogP contribution in [0.4, 0.5) is 0 Å². The molecule has 3 nitrogen and oxygen atoms in total. The molecular formula is C13H28N2O. The van der Waals surface area contributed by atoms with E-state index in [2.05, 4.69) is 37.9 Å². The molecule has 0 spiro atoms. The first-order valence-corrected chi connectivity index (χ1v) is 6.67. The molecule has 96 valence electrons. The highest BCUT2D eigenvalue weighted by molar-refractivity contribution is 4.88. The van der Waals surface area contributed by atoms with Crippen LogP contribution in [-0.2, 0) is 4.74 Å². The molecule has 0 amide bonds. The fourth-order valence-corrected chi connectivity index (χ4v) is 2.38. The highest BCUT2D eigenvalue weighted by Gasteiger charge is 2.35. The van der Waals surface area contributed by atoms with Crippen molar-refractivity contribution in [3.8, 4) is 0 Å². The van der Waals surface area contributed by atoms with Gasteiger partial charge in [0, 0.05) is 18.1 Å². The molecule has 0 aromatic heterocycles. The lowest BCUT2D eigenvalue weighted by Crippen LogP contribution is -2.50. The van der Waals surface area contributed by atoms with E-state index in [-0.39, 0.29) is 5.54 Å². The number of rotatable bonds is 7. The van der Waals surface area contributed by atoms with Gasteiger partial charge in [-0.3, -0.25) is 4.90 Å². The molecule has 16 heavy (non-hydrogen) atoms. The molecule has 0 aliphatic carbocycles. The van der Waals surface area contributed by atoms with Crippen LogP contribution in [0.25, 0.3) is 0 Å². The predicted octanol–water partition coefficient (Wildman–Crippen LogP) is 2.22. The molecule has 0 saturated carbocycles. The van der Waals surface area contributed by atoms with E-state index in [1.54, 1.807) is 0 Å². The molecule has 1 unspecified atom stereocenters. The van der Waals surface area contributed by atoms with E-state index in [0.717, 1.165) is 26.4 Å². The van der Waals surface area contributed by atoms with Gasteiger partial charge >= 0.3 is 0 Å². The molecule has 0 aromatic carbocycles. The molecule has 1 saturated heterocycles. The Morgan fingerprint density at radius 3 is 2.75 bits per heavy atom. The first-order valence-electron chi connectivity index (χ1n) is 6.67. The fraction of sp³-hybridized carbons (Fsp3) is 1.00. The van der Waals surface area contributed by atoms with Crippen molar-refractivity contribution in [1.29, 1.82) is 0 Å². The molecule has 1 rings (SSSR count). The number of likely N-dealkylation sites (N-methyl/N-ethyl adjacent to an activating group) is 1. The summed E-state index contributed by atoms with van der Waals surface area (Å²) in [7, 11) is 0. The number of unbranched alkanes of at least 4 members (excludes halogenated alkanes) is 1. The maximum atomic E-state index is 5.62. The number of nitrogens with one attached hydrogen (secondary N) is 1. The van der Waals surface area contributed by atoms with Crippen LogP contribution >= 0.6 is 0 Å². The summed E-state index contributed by atoms with van der Waals surface area (Å²) in [5, 5.41) is 3.43. The summed E-state index contributed by atoms with van der Waals surface area (Å²) in [6.45, 7) is 12.9. The van der Waals surface area contributed by atoms with Crippen molar-refractivity contribution in [3.05, 3.63) is 0 Å². The molecule has 3 heteroatoms. The lowest BCUT2D eigenvalue weighted by atomic mass is 9.94. The van der Waals surface area contributed by atoms with Crippen LogP contribution in [0.2, 0.25) is 0 Å². The van der Waals surface area contributed by atoms with E-state index >= 15 is 0 Å². The van der Waals surface area contributed by atoms with Crippen LogP contribution in [0.3, 0.4) is 0 Å². The summed E-state index contributed by atoms with van der Waals surface area (Å²) >= 11 is 0. The van der Waals surface area contributed by atoms with Gasteiger partial charge in [0.15, 0.2) is 0 Å². The fourth-order valence-electron chi connectivity index (χ4n) is 2.38. The average molecular weight is 228 g/mol. The molecule has 1 aliphatic heterocycles. The first-order chi connectivity index (χ1) is 7.61. The first kappa shape index (κ1) is 13.9. The Bertz CT molecular complexity index is 194. The second kappa shape index (κ2) is 6.58. The molecule has 1 fully saturated rings. The highest BCUT2D eigenvalue weighted by atomic mass is 16.5. The van der Waals surface area contributed by atoms with Gasteiger partial charge in [0.1, 0.15) is 0 Å². The minimum absolute atomic E-state index is 0.270. The molecule has 1 aliphatic rings. The Labute approximate surface area is 101 Å². The third kappa shape index (κ3) is 3.72. The standard InChI is InChI=1S/C13H28N2O/c1-5-7-8-13(3,4)15-11-16-10-12(15)9-14-6-2/h12,14H,5-11H2,1-4H3. The maximum absolute atomic E-state index is 5.62. The summed E-state index contributed by atoms with van der Waals surface area (Å²) in [4.78, 5) is 2.52. The Hall–Kier alpha value is -0.120. The zero-order valence-electron chi connectivity index (χ0n) is 11.4. The molecule has 1 heterocycles. The van der Waals surface area contributed by atoms with Gasteiger partial charge in [-0.15, -0.1) is 0 Å². The average Bonchev–Trinajstić information content (AvgIpc) is 2.72. The number of ether oxygens (including phenoxy) is 1. The Morgan fingerprint density at radius 1 is 1.38 bits per heavy atom. The van der Waals surface area contributed by atoms with E-state index in [1.165, 1.54) is 19.3 Å². The van der Waals surface area contributed by atoms with Crippen LogP contribution in [0.1, 0.15) is 47.0 Å². The van der Waals surface area contributed by atoms with E-state index in [9.17, 15) is 0 Å². The molecule has 1 atom stereocenters. The summed E-state index contributed by atoms with van der Waals surface area (Å²) < 4.78 is 5.62. The number of hydrogen-bond acceptors (Lipinski definition) is 3. The topological polar surface area (TPSA) is 24.5 Å². The summed E-state index contributed by atoms with van der Waals surface area (Å²) in [5.74, 6) is 0. The van der Waals surface area contributed by atoms with Crippen molar-refractivity contribution in [2.75, 3.05) is 26.4 Å². The lowest BCUT2D eigenvalue weighted by molar-refractivity contribution is 0.0531. The monoisotopic (exact) mass is 228 g/mol. The molecular weight excluding hydrogens is 200 g/mol. The zero-order chi connectivity index (χ0) is 12.0. The molecule has 0 radical (unpaired) electrons. The van der Waals surface area contributed by atoms with Crippen LogP contribution in [0.15, 0.2) is 0 Å². The second-order valence-corrected chi connectivity index (χ2v) is 5.35. The van der Waals surface area contributed by atoms with Gasteiger partial charge in [-0.1, -0.05) is 26.7 Å². The minimum Gasteiger partial charge on any atom is -0.364 e. The van der Waals surface area contributed by atoms with Crippen LogP contribution < -0.4 is 5.32 Å². The van der Waals surface area contributed by atoms with Gasteiger partial charge in [0.25, 0.3) is 0 Å². The van der Waals surface area contributed by atoms with Crippen molar-refractivity contribution >= 4 is 0 Å². The molecule has 0 bridgehead atoms. The van der Waals surface area contributed by atoms with Gasteiger partial charge < -0.3 is 10.1 Å². The van der Waals surface area contributed by atoms with Crippen molar-refractivity contribution in [2.45, 2.75) is 58.5 Å². The maximum Gasteiger partial charge on any atom is 0.0998 e. The predicted molar refractivity (Wildman–Crippen MR) is 68.6 cm³/mol. The summed E-state index contributed by atoms with van der Waals surface area (Å²) in [5.41, 5.74) is 0.270. The Balaban J connectivity index is 2.48.